The van der Waals surface area contributed by atoms with Crippen molar-refractivity contribution in [3.8, 4) is 6.07 Å². The Morgan fingerprint density at radius 1 is 0.538 bits per heavy atom. The van der Waals surface area contributed by atoms with Crippen LogP contribution in [0, 0.1) is 59.8 Å². The summed E-state index contributed by atoms with van der Waals surface area (Å²) in [5.74, 6) is -0.537. The number of hydrogen-bond donors (Lipinski definition) is 1. The molecule has 2 heterocycles. The fraction of sp³-hybridized carbons (Fsp3) is 0.182. The first-order valence-corrected chi connectivity index (χ1v) is 22.1. The molecule has 0 atom stereocenters. The molecule has 1 amide bonds. The van der Waals surface area contributed by atoms with Crippen LogP contribution in [0.4, 0.5) is 0 Å². The lowest BCUT2D eigenvalue weighted by Crippen LogP contribution is -2.10. The van der Waals surface area contributed by atoms with Crippen LogP contribution >= 0.6 is 24.0 Å². The van der Waals surface area contributed by atoms with Gasteiger partial charge in [-0.2, -0.15) is 5.26 Å². The van der Waals surface area contributed by atoms with Crippen LogP contribution < -0.4 is 5.73 Å². The predicted molar refractivity (Wildman–Crippen MR) is 274 cm³/mol. The number of nitrogens with two attached hydrogens (primary N) is 1. The highest BCUT2D eigenvalue weighted by Crippen LogP contribution is 2.12. The summed E-state index contributed by atoms with van der Waals surface area (Å²) in [6, 6.07) is 47.7. The highest BCUT2D eigenvalue weighted by atomic mass is 32.2. The molecule has 0 spiro atoms. The first-order chi connectivity index (χ1) is 31.0. The fourth-order valence-electron chi connectivity index (χ4n) is 4.62. The molecule has 2 N–H and O–H groups in total. The van der Waals surface area contributed by atoms with E-state index in [2.05, 4.69) is 52.0 Å². The van der Waals surface area contributed by atoms with Gasteiger partial charge in [-0.25, -0.2) is 4.79 Å². The van der Waals surface area contributed by atoms with E-state index >= 15 is 0 Å². The normalized spacial score (nSPS) is 9.12. The van der Waals surface area contributed by atoms with Gasteiger partial charge in [0.1, 0.15) is 0 Å². The van der Waals surface area contributed by atoms with E-state index < -0.39 is 0 Å². The maximum atomic E-state index is 10.9. The average molecular weight is 905 g/mol. The van der Waals surface area contributed by atoms with E-state index in [0.29, 0.717) is 11.1 Å². The van der Waals surface area contributed by atoms with Gasteiger partial charge in [-0.15, -0.1) is 11.8 Å². The van der Waals surface area contributed by atoms with Crippen molar-refractivity contribution in [3.63, 3.8) is 0 Å². The predicted octanol–water partition coefficient (Wildman–Crippen LogP) is 12.8. The maximum absolute atomic E-state index is 10.9. The zero-order valence-electron chi connectivity index (χ0n) is 39.0. The summed E-state index contributed by atoms with van der Waals surface area (Å²) in [6.07, 6.45) is 9.18. The molecule has 0 saturated heterocycles. The van der Waals surface area contributed by atoms with Crippen LogP contribution in [-0.2, 0) is 4.74 Å². The number of carbonyl (C=O) groups is 3. The number of nitriles is 1. The number of aromatic nitrogens is 2. The number of Topliss-reactive ketones (excluding diaryl/α,β-unsaturated/α-hetero) is 1. The van der Waals surface area contributed by atoms with E-state index in [1.807, 2.05) is 151 Å². The highest BCUT2D eigenvalue weighted by molar-refractivity contribution is 8.23. The number of benzene rings is 5. The second-order valence-corrected chi connectivity index (χ2v) is 15.9. The quantitative estimate of drug-likeness (QED) is 0.104. The number of nitrogens with zero attached hydrogens (tertiary/aromatic N) is 3. The molecule has 0 bridgehead atoms. The molecule has 0 saturated carbocycles. The Hall–Kier alpha value is -7.06. The molecule has 65 heavy (non-hydrogen) atoms. The third kappa shape index (κ3) is 26.2. The first-order valence-electron chi connectivity index (χ1n) is 20.4. The van der Waals surface area contributed by atoms with Gasteiger partial charge in [-0.1, -0.05) is 131 Å². The Morgan fingerprint density at radius 2 is 0.923 bits per heavy atom. The molecule has 5 aromatic carbocycles. The zero-order chi connectivity index (χ0) is 48.6. The van der Waals surface area contributed by atoms with Crippen molar-refractivity contribution >= 4 is 45.8 Å². The molecule has 0 unspecified atom stereocenters. The minimum Gasteiger partial charge on any atom is -0.465 e. The number of esters is 1. The lowest BCUT2D eigenvalue weighted by molar-refractivity contribution is 0.0600. The first kappa shape index (κ1) is 56.0. The molecule has 0 aliphatic carbocycles. The number of carbonyl (C=O) groups excluding carboxylic acids is 3. The highest BCUT2D eigenvalue weighted by Gasteiger charge is 2.02. The summed E-state index contributed by atoms with van der Waals surface area (Å²) < 4.78 is 5.50. The van der Waals surface area contributed by atoms with Gasteiger partial charge in [0.15, 0.2) is 5.78 Å². The van der Waals surface area contributed by atoms with E-state index in [1.165, 1.54) is 34.9 Å². The molecule has 2 aromatic heterocycles. The largest absolute Gasteiger partial charge is 0.465 e. The maximum Gasteiger partial charge on any atom is 0.337 e. The Labute approximate surface area is 396 Å². The molecule has 336 valence electrons. The van der Waals surface area contributed by atoms with Crippen molar-refractivity contribution in [1.29, 1.82) is 5.26 Å². The van der Waals surface area contributed by atoms with Gasteiger partial charge in [-0.05, 0) is 133 Å². The SMILES string of the molecule is CC(=O)c1ccc(C)cc1.COC(=O)c1ccc(C)cc1.CSC(=S)c1ccc(C)cc1.Cc1ccc(C#N)cc1.Cc1ccc(C(N)=O)cc1.Cc1cccnc1.Cc1ccncc1. The topological polar surface area (TPSA) is 136 Å². The zero-order valence-corrected chi connectivity index (χ0v) is 40.7. The molecular weight excluding hydrogens is 845 g/mol. The Balaban J connectivity index is 0.000000381. The molecule has 0 radical (unpaired) electrons. The number of ether oxygens (including phenoxy) is 1. The number of thiocarbonyl (C=S) groups is 1. The molecule has 7 aromatic rings. The third-order valence-corrected chi connectivity index (χ3v) is 9.92. The lowest BCUT2D eigenvalue weighted by Gasteiger charge is -1.99. The minimum atomic E-state index is -0.375. The van der Waals surface area contributed by atoms with Crippen LogP contribution in [0.2, 0.25) is 0 Å². The lowest BCUT2D eigenvalue weighted by atomic mass is 10.1. The molecule has 0 aliphatic rings. The van der Waals surface area contributed by atoms with Gasteiger partial charge < -0.3 is 10.5 Å². The van der Waals surface area contributed by atoms with Crippen LogP contribution in [-0.4, -0.2) is 45.2 Å². The summed E-state index contributed by atoms with van der Waals surface area (Å²) in [5.41, 5.74) is 17.2. The number of rotatable bonds is 4. The Morgan fingerprint density at radius 3 is 1.22 bits per heavy atom. The van der Waals surface area contributed by atoms with Gasteiger partial charge in [0.05, 0.1) is 28.5 Å². The molecular formula is C55H60N4O4S2. The smallest absolute Gasteiger partial charge is 0.337 e. The van der Waals surface area contributed by atoms with Crippen molar-refractivity contribution < 1.29 is 19.1 Å². The van der Waals surface area contributed by atoms with Gasteiger partial charge >= 0.3 is 5.97 Å². The molecule has 10 heteroatoms. The van der Waals surface area contributed by atoms with Gasteiger partial charge in [-0.3, -0.25) is 19.6 Å². The van der Waals surface area contributed by atoms with Crippen LogP contribution in [0.3, 0.4) is 0 Å². The second kappa shape index (κ2) is 32.6. The molecule has 0 fully saturated rings. The number of pyridine rings is 2. The van der Waals surface area contributed by atoms with E-state index in [1.54, 1.807) is 61.5 Å². The van der Waals surface area contributed by atoms with Gasteiger partial charge in [0, 0.05) is 35.9 Å². The van der Waals surface area contributed by atoms with Crippen LogP contribution in [0.25, 0.3) is 0 Å². The van der Waals surface area contributed by atoms with Crippen molar-refractivity contribution in [2.75, 3.05) is 13.4 Å². The number of hydrogen-bond acceptors (Lipinski definition) is 9. The summed E-state index contributed by atoms with van der Waals surface area (Å²) in [4.78, 5) is 39.9. The molecule has 8 nitrogen and oxygen atoms in total. The number of ketones is 1. The summed E-state index contributed by atoms with van der Waals surface area (Å²) in [6.45, 7) is 15.7. The van der Waals surface area contributed by atoms with Crippen LogP contribution in [0.5, 0.6) is 0 Å². The summed E-state index contributed by atoms with van der Waals surface area (Å²) in [7, 11) is 1.38. The number of amides is 1. The monoisotopic (exact) mass is 904 g/mol. The van der Waals surface area contributed by atoms with Crippen LogP contribution in [0.1, 0.15) is 88.1 Å². The van der Waals surface area contributed by atoms with E-state index in [0.717, 1.165) is 32.0 Å². The van der Waals surface area contributed by atoms with E-state index in [4.69, 9.17) is 23.2 Å². The number of methoxy groups -OCH3 is 1. The average Bonchev–Trinajstić information content (AvgIpc) is 3.31. The minimum absolute atomic E-state index is 0.125. The number of primary amides is 1. The van der Waals surface area contributed by atoms with Crippen molar-refractivity contribution in [3.05, 3.63) is 237 Å². The Bertz CT molecular complexity index is 2320. The van der Waals surface area contributed by atoms with Crippen LogP contribution in [0.15, 0.2) is 170 Å². The number of aryl methyl sites for hydroxylation is 7. The summed E-state index contributed by atoms with van der Waals surface area (Å²) in [5, 5.41) is 8.38. The van der Waals surface area contributed by atoms with E-state index in [9.17, 15) is 14.4 Å². The summed E-state index contributed by atoms with van der Waals surface area (Å²) >= 11 is 6.74. The standard InChI is InChI=1S/C9H10O2.C9H10O.C9H10S2.C8H9NO.C8H7N.2C6H7N/c1-7-3-5-8(6-4-7)9(10)11-2;1-7-3-5-9(6-4-7)8(2)10;1-7-3-5-8(6-4-7)9(10)11-2;1-6-2-4-7(5-3-6)8(9)10;1-7-2-4-8(6-9)5-3-7;1-6-2-4-7-5-3-6;1-6-3-2-4-7-5-6/h3-6H,1-2H3;3-6H,1-2H3;3-6H,1-2H3;2-5H,1H3,(H2,9,10);2-5H,1H3;2*2-5H,1H3. The Kier molecular flexibility index (Phi) is 28.1. The number of thioether (sulfide) groups is 1. The van der Waals surface area contributed by atoms with Crippen molar-refractivity contribution in [1.82, 2.24) is 9.97 Å². The molecule has 7 rings (SSSR count). The fourth-order valence-corrected chi connectivity index (χ4v) is 5.13. The van der Waals surface area contributed by atoms with Crippen molar-refractivity contribution in [2.24, 2.45) is 5.73 Å². The third-order valence-electron chi connectivity index (χ3n) is 8.58. The second-order valence-electron chi connectivity index (χ2n) is 14.4. The van der Waals surface area contributed by atoms with E-state index in [-0.39, 0.29) is 17.7 Å². The van der Waals surface area contributed by atoms with Gasteiger partial charge in [0.25, 0.3) is 0 Å². The van der Waals surface area contributed by atoms with Crippen molar-refractivity contribution in [2.45, 2.75) is 55.4 Å². The molecule has 0 aliphatic heterocycles. The van der Waals surface area contributed by atoms with Gasteiger partial charge in [0.2, 0.25) is 5.91 Å².